The quantitative estimate of drug-likeness (QED) is 0.909. The highest BCUT2D eigenvalue weighted by atomic mass is 19.4. The average Bonchev–Trinajstić information content (AvgIpc) is 2.47. The Labute approximate surface area is 122 Å². The van der Waals surface area contributed by atoms with Crippen molar-refractivity contribution in [1.82, 2.24) is 4.90 Å². The third kappa shape index (κ3) is 4.61. The van der Waals surface area contributed by atoms with Crippen LogP contribution in [0.3, 0.4) is 0 Å². The van der Waals surface area contributed by atoms with Gasteiger partial charge in [0.15, 0.2) is 0 Å². The minimum atomic E-state index is -4.05. The van der Waals surface area contributed by atoms with E-state index in [9.17, 15) is 13.2 Å². The molecular formula is C15H21F3N2O. The normalized spacial score (nSPS) is 17.9. The second-order valence-corrected chi connectivity index (χ2v) is 5.32. The molecule has 2 N–H and O–H groups in total. The number of nitrogens with two attached hydrogens (primary N) is 1. The number of hydrogen-bond acceptors (Lipinski definition) is 3. The van der Waals surface area contributed by atoms with E-state index in [1.807, 2.05) is 29.2 Å². The summed E-state index contributed by atoms with van der Waals surface area (Å²) in [5, 5.41) is 0. The third-order valence-electron chi connectivity index (χ3n) is 3.91. The fourth-order valence-electron chi connectivity index (χ4n) is 2.58. The monoisotopic (exact) mass is 302 g/mol. The summed E-state index contributed by atoms with van der Waals surface area (Å²) in [5.41, 5.74) is 6.56. The number of hydrogen-bond donors (Lipinski definition) is 1. The van der Waals surface area contributed by atoms with E-state index < -0.39 is 12.1 Å². The molecule has 118 valence electrons. The van der Waals surface area contributed by atoms with Crippen LogP contribution in [0.25, 0.3) is 0 Å². The van der Waals surface area contributed by atoms with E-state index >= 15 is 0 Å². The Kier molecular flexibility index (Phi) is 5.47. The second-order valence-electron chi connectivity index (χ2n) is 5.32. The second kappa shape index (κ2) is 7.13. The van der Waals surface area contributed by atoms with E-state index in [0.717, 1.165) is 11.3 Å². The number of piperidine rings is 1. The van der Waals surface area contributed by atoms with Gasteiger partial charge in [0.25, 0.3) is 0 Å². The molecule has 1 aromatic rings. The summed E-state index contributed by atoms with van der Waals surface area (Å²) in [6.07, 6.45) is -3.69. The summed E-state index contributed by atoms with van der Waals surface area (Å²) in [6, 6.07) is 7.54. The number of halogens is 3. The fraction of sp³-hybridized carbons (Fsp3) is 0.600. The minimum absolute atomic E-state index is 0.183. The summed E-state index contributed by atoms with van der Waals surface area (Å²) in [4.78, 5) is 2.02. The lowest BCUT2D eigenvalue weighted by atomic mass is 9.96. The van der Waals surface area contributed by atoms with Crippen LogP contribution in [0.2, 0.25) is 0 Å². The molecule has 0 aliphatic carbocycles. The summed E-state index contributed by atoms with van der Waals surface area (Å²) >= 11 is 0. The lowest BCUT2D eigenvalue weighted by Crippen LogP contribution is -2.40. The molecule has 0 atom stereocenters. The minimum Gasteiger partial charge on any atom is -0.492 e. The first-order valence-corrected chi connectivity index (χ1v) is 7.20. The van der Waals surface area contributed by atoms with Gasteiger partial charge in [-0.15, -0.1) is 0 Å². The van der Waals surface area contributed by atoms with Crippen molar-refractivity contribution in [3.8, 4) is 5.75 Å². The molecule has 1 aromatic carbocycles. The average molecular weight is 302 g/mol. The molecule has 1 heterocycles. The zero-order valence-corrected chi connectivity index (χ0v) is 11.9. The van der Waals surface area contributed by atoms with E-state index in [1.54, 1.807) is 0 Å². The molecule has 0 amide bonds. The van der Waals surface area contributed by atoms with Crippen LogP contribution in [-0.4, -0.2) is 37.3 Å². The number of rotatable bonds is 5. The predicted molar refractivity (Wildman–Crippen MR) is 75.0 cm³/mol. The summed E-state index contributed by atoms with van der Waals surface area (Å²) in [5.74, 6) is -0.391. The van der Waals surface area contributed by atoms with Gasteiger partial charge in [-0.3, -0.25) is 4.90 Å². The van der Waals surface area contributed by atoms with Gasteiger partial charge in [-0.2, -0.15) is 13.2 Å². The molecule has 2 rings (SSSR count). The standard InChI is InChI=1S/C15H21F3N2O/c16-15(17,18)13-5-7-20(8-6-13)9-10-21-14-4-2-1-3-12(14)11-19/h1-4,13H,5-11,19H2. The molecule has 0 spiro atoms. The molecule has 1 saturated heterocycles. The van der Waals surface area contributed by atoms with Crippen molar-refractivity contribution >= 4 is 0 Å². The Hall–Kier alpha value is -1.27. The largest absolute Gasteiger partial charge is 0.492 e. The first-order valence-electron chi connectivity index (χ1n) is 7.20. The van der Waals surface area contributed by atoms with E-state index in [4.69, 9.17) is 10.5 Å². The third-order valence-corrected chi connectivity index (χ3v) is 3.91. The molecule has 1 aliphatic heterocycles. The fourth-order valence-corrected chi connectivity index (χ4v) is 2.58. The van der Waals surface area contributed by atoms with Crippen molar-refractivity contribution in [3.63, 3.8) is 0 Å². The van der Waals surface area contributed by atoms with Crippen molar-refractivity contribution in [3.05, 3.63) is 29.8 Å². The van der Waals surface area contributed by atoms with E-state index in [2.05, 4.69) is 0 Å². The van der Waals surface area contributed by atoms with Crippen molar-refractivity contribution in [1.29, 1.82) is 0 Å². The maximum atomic E-state index is 12.6. The maximum Gasteiger partial charge on any atom is 0.391 e. The van der Waals surface area contributed by atoms with Gasteiger partial charge in [0, 0.05) is 18.7 Å². The highest BCUT2D eigenvalue weighted by Gasteiger charge is 2.40. The van der Waals surface area contributed by atoms with Crippen molar-refractivity contribution in [2.75, 3.05) is 26.2 Å². The zero-order chi connectivity index (χ0) is 15.3. The Bertz CT molecular complexity index is 443. The molecule has 1 fully saturated rings. The van der Waals surface area contributed by atoms with Crippen LogP contribution in [0, 0.1) is 5.92 Å². The number of alkyl halides is 3. The highest BCUT2D eigenvalue weighted by molar-refractivity contribution is 5.32. The summed E-state index contributed by atoms with van der Waals surface area (Å²) < 4.78 is 43.4. The molecule has 0 aromatic heterocycles. The van der Waals surface area contributed by atoms with Gasteiger partial charge >= 0.3 is 6.18 Å². The Morgan fingerprint density at radius 2 is 1.86 bits per heavy atom. The predicted octanol–water partition coefficient (Wildman–Crippen LogP) is 2.80. The van der Waals surface area contributed by atoms with Crippen molar-refractivity contribution in [2.24, 2.45) is 11.7 Å². The van der Waals surface area contributed by atoms with Gasteiger partial charge in [-0.05, 0) is 32.0 Å². The van der Waals surface area contributed by atoms with Gasteiger partial charge in [-0.25, -0.2) is 0 Å². The molecule has 3 nitrogen and oxygen atoms in total. The topological polar surface area (TPSA) is 38.5 Å². The van der Waals surface area contributed by atoms with E-state index in [1.165, 1.54) is 0 Å². The number of nitrogens with zero attached hydrogens (tertiary/aromatic N) is 1. The molecule has 0 bridgehead atoms. The Morgan fingerprint density at radius 3 is 2.48 bits per heavy atom. The van der Waals surface area contributed by atoms with E-state index in [-0.39, 0.29) is 12.8 Å². The molecule has 0 radical (unpaired) electrons. The smallest absolute Gasteiger partial charge is 0.391 e. The lowest BCUT2D eigenvalue weighted by molar-refractivity contribution is -0.185. The Balaban J connectivity index is 1.73. The SMILES string of the molecule is NCc1ccccc1OCCN1CCC(C(F)(F)F)CC1. The van der Waals surface area contributed by atoms with Crippen LogP contribution >= 0.6 is 0 Å². The number of ether oxygens (including phenoxy) is 1. The van der Waals surface area contributed by atoms with Gasteiger partial charge in [0.2, 0.25) is 0 Å². The van der Waals surface area contributed by atoms with Crippen LogP contribution in [0.4, 0.5) is 13.2 Å². The van der Waals surface area contributed by atoms with E-state index in [0.29, 0.717) is 32.8 Å². The summed E-state index contributed by atoms with van der Waals surface area (Å²) in [6.45, 7) is 2.47. The lowest BCUT2D eigenvalue weighted by Gasteiger charge is -2.32. The molecule has 0 saturated carbocycles. The van der Waals surface area contributed by atoms with Gasteiger partial charge < -0.3 is 10.5 Å². The Morgan fingerprint density at radius 1 is 1.19 bits per heavy atom. The first-order chi connectivity index (χ1) is 10.0. The highest BCUT2D eigenvalue weighted by Crippen LogP contribution is 2.33. The van der Waals surface area contributed by atoms with Crippen molar-refractivity contribution in [2.45, 2.75) is 25.6 Å². The van der Waals surface area contributed by atoms with Crippen molar-refractivity contribution < 1.29 is 17.9 Å². The van der Waals surface area contributed by atoms with Crippen LogP contribution in [0.15, 0.2) is 24.3 Å². The van der Waals surface area contributed by atoms with Crippen LogP contribution < -0.4 is 10.5 Å². The zero-order valence-electron chi connectivity index (χ0n) is 11.9. The molecule has 21 heavy (non-hydrogen) atoms. The number of para-hydroxylation sites is 1. The molecular weight excluding hydrogens is 281 g/mol. The molecule has 6 heteroatoms. The first kappa shape index (κ1) is 16.1. The number of benzene rings is 1. The van der Waals surface area contributed by atoms with Crippen LogP contribution in [-0.2, 0) is 6.54 Å². The number of likely N-dealkylation sites (tertiary alicyclic amines) is 1. The molecule has 0 unspecified atom stereocenters. The van der Waals surface area contributed by atoms with Crippen LogP contribution in [0.5, 0.6) is 5.75 Å². The van der Waals surface area contributed by atoms with Gasteiger partial charge in [0.05, 0.1) is 5.92 Å². The van der Waals surface area contributed by atoms with Crippen LogP contribution in [0.1, 0.15) is 18.4 Å². The summed E-state index contributed by atoms with van der Waals surface area (Å²) in [7, 11) is 0. The van der Waals surface area contributed by atoms with Gasteiger partial charge in [0.1, 0.15) is 12.4 Å². The molecule has 1 aliphatic rings. The van der Waals surface area contributed by atoms with Gasteiger partial charge in [-0.1, -0.05) is 18.2 Å². The maximum absolute atomic E-state index is 12.6.